The van der Waals surface area contributed by atoms with Crippen molar-refractivity contribution in [1.29, 1.82) is 0 Å². The summed E-state index contributed by atoms with van der Waals surface area (Å²) in [5.74, 6) is 0.325. The van der Waals surface area contributed by atoms with E-state index in [0.717, 1.165) is 31.6 Å². The molecule has 1 aromatic carbocycles. The number of carbonyl (C=O) groups excluding carboxylic acids is 2. The van der Waals surface area contributed by atoms with Gasteiger partial charge in [0.2, 0.25) is 11.8 Å². The molecule has 0 aromatic heterocycles. The topological polar surface area (TPSA) is 84.7 Å². The van der Waals surface area contributed by atoms with E-state index in [2.05, 4.69) is 5.32 Å². The lowest BCUT2D eigenvalue weighted by Gasteiger charge is -2.32. The molecule has 0 saturated carbocycles. The number of nitrogens with zero attached hydrogens (tertiary/aromatic N) is 1. The molecule has 1 heterocycles. The highest BCUT2D eigenvalue weighted by Gasteiger charge is 2.28. The zero-order chi connectivity index (χ0) is 15.8. The molecule has 1 atom stereocenters. The summed E-state index contributed by atoms with van der Waals surface area (Å²) < 4.78 is 5.50. The van der Waals surface area contributed by atoms with Crippen LogP contribution in [0.2, 0.25) is 0 Å². The fraction of sp³-hybridized carbons (Fsp3) is 0.500. The molecule has 1 fully saturated rings. The lowest BCUT2D eigenvalue weighted by molar-refractivity contribution is -0.128. The van der Waals surface area contributed by atoms with Gasteiger partial charge in [0.15, 0.2) is 0 Å². The molecule has 1 saturated heterocycles. The zero-order valence-electron chi connectivity index (χ0n) is 12.7. The number of benzene rings is 1. The van der Waals surface area contributed by atoms with Gasteiger partial charge < -0.3 is 15.8 Å². The summed E-state index contributed by atoms with van der Waals surface area (Å²) in [7, 11) is 0. The molecule has 120 valence electrons. The van der Waals surface area contributed by atoms with Gasteiger partial charge in [-0.2, -0.15) is 0 Å². The van der Waals surface area contributed by atoms with Gasteiger partial charge in [-0.1, -0.05) is 24.6 Å². The second-order valence-corrected chi connectivity index (χ2v) is 5.40. The van der Waals surface area contributed by atoms with Crippen LogP contribution in [0.4, 0.5) is 0 Å². The number of piperidine rings is 1. The van der Waals surface area contributed by atoms with Crippen LogP contribution < -0.4 is 15.8 Å². The maximum absolute atomic E-state index is 11.9. The molecule has 0 aliphatic carbocycles. The summed E-state index contributed by atoms with van der Waals surface area (Å²) in [6.07, 6.45) is 2.71. The van der Waals surface area contributed by atoms with E-state index in [9.17, 15) is 9.59 Å². The SMILES string of the molecule is NC(=O)C1CCCCN1CC(=O)NCCOc1ccccc1. The molecule has 2 rings (SSSR count). The summed E-state index contributed by atoms with van der Waals surface area (Å²) in [5, 5.41) is 2.80. The maximum Gasteiger partial charge on any atom is 0.234 e. The summed E-state index contributed by atoms with van der Waals surface area (Å²) in [6, 6.07) is 9.13. The molecule has 0 radical (unpaired) electrons. The van der Waals surface area contributed by atoms with E-state index in [1.807, 2.05) is 35.2 Å². The van der Waals surface area contributed by atoms with Gasteiger partial charge in [-0.15, -0.1) is 0 Å². The largest absolute Gasteiger partial charge is 0.492 e. The van der Waals surface area contributed by atoms with E-state index in [4.69, 9.17) is 10.5 Å². The molecule has 1 aliphatic heterocycles. The molecular weight excluding hydrogens is 282 g/mol. The van der Waals surface area contributed by atoms with Crippen molar-refractivity contribution in [3.8, 4) is 5.75 Å². The molecule has 2 amide bonds. The van der Waals surface area contributed by atoms with Crippen molar-refractivity contribution < 1.29 is 14.3 Å². The van der Waals surface area contributed by atoms with E-state index >= 15 is 0 Å². The maximum atomic E-state index is 11.9. The third kappa shape index (κ3) is 5.04. The minimum Gasteiger partial charge on any atom is -0.492 e. The number of primary amides is 1. The highest BCUT2D eigenvalue weighted by Crippen LogP contribution is 2.16. The monoisotopic (exact) mass is 305 g/mol. The van der Waals surface area contributed by atoms with Gasteiger partial charge in [0, 0.05) is 0 Å². The van der Waals surface area contributed by atoms with Gasteiger partial charge in [-0.25, -0.2) is 0 Å². The Bertz CT molecular complexity index is 493. The first-order chi connectivity index (χ1) is 10.7. The van der Waals surface area contributed by atoms with Crippen molar-refractivity contribution in [2.24, 2.45) is 5.73 Å². The fourth-order valence-electron chi connectivity index (χ4n) is 2.62. The molecule has 0 bridgehead atoms. The molecule has 22 heavy (non-hydrogen) atoms. The van der Waals surface area contributed by atoms with Crippen LogP contribution in [0.1, 0.15) is 19.3 Å². The quantitative estimate of drug-likeness (QED) is 0.719. The number of nitrogens with two attached hydrogens (primary N) is 1. The Morgan fingerprint density at radius 1 is 1.27 bits per heavy atom. The Kier molecular flexibility index (Phi) is 6.21. The number of nitrogens with one attached hydrogen (secondary N) is 1. The Labute approximate surface area is 130 Å². The van der Waals surface area contributed by atoms with Crippen LogP contribution in [0.3, 0.4) is 0 Å². The zero-order valence-corrected chi connectivity index (χ0v) is 12.7. The van der Waals surface area contributed by atoms with Gasteiger partial charge in [0.25, 0.3) is 0 Å². The van der Waals surface area contributed by atoms with Crippen molar-refractivity contribution >= 4 is 11.8 Å². The number of para-hydroxylation sites is 1. The number of likely N-dealkylation sites (tertiary alicyclic amines) is 1. The van der Waals surface area contributed by atoms with Crippen LogP contribution in [0, 0.1) is 0 Å². The standard InChI is InChI=1S/C16H23N3O3/c17-16(21)14-8-4-5-10-19(14)12-15(20)18-9-11-22-13-6-2-1-3-7-13/h1-3,6-7,14H,4-5,8-12H2,(H2,17,21)(H,18,20). The molecule has 1 aromatic rings. The van der Waals surface area contributed by atoms with Crippen molar-refractivity contribution in [3.05, 3.63) is 30.3 Å². The second-order valence-electron chi connectivity index (χ2n) is 5.40. The molecule has 6 nitrogen and oxygen atoms in total. The lowest BCUT2D eigenvalue weighted by atomic mass is 10.0. The van der Waals surface area contributed by atoms with Crippen molar-refractivity contribution in [2.45, 2.75) is 25.3 Å². The third-order valence-corrected chi connectivity index (χ3v) is 3.72. The van der Waals surface area contributed by atoms with Crippen LogP contribution >= 0.6 is 0 Å². The van der Waals surface area contributed by atoms with Crippen LogP contribution in [0.5, 0.6) is 5.75 Å². The number of carbonyl (C=O) groups is 2. The molecule has 6 heteroatoms. The molecule has 1 unspecified atom stereocenters. The van der Waals surface area contributed by atoms with Crippen molar-refractivity contribution in [2.75, 3.05) is 26.2 Å². The first-order valence-electron chi connectivity index (χ1n) is 7.65. The molecule has 1 aliphatic rings. The molecule has 3 N–H and O–H groups in total. The lowest BCUT2D eigenvalue weighted by Crippen LogP contribution is -2.51. The van der Waals surface area contributed by atoms with Gasteiger partial charge in [-0.3, -0.25) is 14.5 Å². The Hall–Kier alpha value is -2.08. The van der Waals surface area contributed by atoms with E-state index in [1.54, 1.807) is 0 Å². The minimum atomic E-state index is -0.347. The fourth-order valence-corrected chi connectivity index (χ4v) is 2.62. The highest BCUT2D eigenvalue weighted by molar-refractivity contribution is 5.82. The van der Waals surface area contributed by atoms with Gasteiger partial charge >= 0.3 is 0 Å². The van der Waals surface area contributed by atoms with Crippen LogP contribution in [-0.4, -0.2) is 49.0 Å². The predicted molar refractivity (Wildman–Crippen MR) is 83.4 cm³/mol. The van der Waals surface area contributed by atoms with Gasteiger partial charge in [0.05, 0.1) is 19.1 Å². The summed E-state index contributed by atoms with van der Waals surface area (Å²) in [5.41, 5.74) is 5.39. The number of hydrogen-bond donors (Lipinski definition) is 2. The average molecular weight is 305 g/mol. The van der Waals surface area contributed by atoms with Crippen LogP contribution in [-0.2, 0) is 9.59 Å². The predicted octanol–water partition coefficient (Wildman–Crippen LogP) is 0.521. The Balaban J connectivity index is 1.67. The van der Waals surface area contributed by atoms with Crippen LogP contribution in [0.25, 0.3) is 0 Å². The van der Waals surface area contributed by atoms with Gasteiger partial charge in [0.1, 0.15) is 12.4 Å². The second kappa shape index (κ2) is 8.38. The number of ether oxygens (including phenoxy) is 1. The smallest absolute Gasteiger partial charge is 0.234 e. The average Bonchev–Trinajstić information content (AvgIpc) is 2.53. The number of amides is 2. The summed E-state index contributed by atoms with van der Waals surface area (Å²) in [4.78, 5) is 25.2. The Morgan fingerprint density at radius 3 is 2.77 bits per heavy atom. The van der Waals surface area contributed by atoms with Crippen molar-refractivity contribution in [1.82, 2.24) is 10.2 Å². The number of rotatable bonds is 7. The normalized spacial score (nSPS) is 18.6. The Morgan fingerprint density at radius 2 is 2.05 bits per heavy atom. The molecular formula is C16H23N3O3. The van der Waals surface area contributed by atoms with Gasteiger partial charge in [-0.05, 0) is 31.5 Å². The van der Waals surface area contributed by atoms with E-state index < -0.39 is 0 Å². The van der Waals surface area contributed by atoms with E-state index in [1.165, 1.54) is 0 Å². The van der Waals surface area contributed by atoms with E-state index in [0.29, 0.717) is 13.2 Å². The first-order valence-corrected chi connectivity index (χ1v) is 7.65. The highest BCUT2D eigenvalue weighted by atomic mass is 16.5. The summed E-state index contributed by atoms with van der Waals surface area (Å²) >= 11 is 0. The van der Waals surface area contributed by atoms with Crippen LogP contribution in [0.15, 0.2) is 30.3 Å². The number of hydrogen-bond acceptors (Lipinski definition) is 4. The first kappa shape index (κ1) is 16.3. The minimum absolute atomic E-state index is 0.107. The van der Waals surface area contributed by atoms with Crippen molar-refractivity contribution in [3.63, 3.8) is 0 Å². The van der Waals surface area contributed by atoms with E-state index in [-0.39, 0.29) is 24.4 Å². The molecule has 0 spiro atoms. The summed E-state index contributed by atoms with van der Waals surface area (Å²) in [6.45, 7) is 1.79. The third-order valence-electron chi connectivity index (χ3n) is 3.72.